The molecule has 7 heteroatoms. The topological polar surface area (TPSA) is 118 Å². The van der Waals surface area contributed by atoms with Crippen LogP contribution >= 0.6 is 0 Å². The number of nitrogens with zero attached hydrogens (tertiary/aromatic N) is 2. The molecule has 0 bridgehead atoms. The maximum Gasteiger partial charge on any atom is 0.344 e. The highest BCUT2D eigenvalue weighted by molar-refractivity contribution is 5.80. The van der Waals surface area contributed by atoms with E-state index >= 15 is 0 Å². The lowest BCUT2D eigenvalue weighted by molar-refractivity contribution is -0.144. The molecule has 0 amide bonds. The van der Waals surface area contributed by atoms with Gasteiger partial charge in [0.05, 0.1) is 12.8 Å². The average Bonchev–Trinajstić information content (AvgIpc) is 3.30. The molecular formula is C22H25N3O4. The molecule has 1 aliphatic carbocycles. The lowest BCUT2D eigenvalue weighted by Crippen LogP contribution is -2.23. The molecule has 0 spiro atoms. The van der Waals surface area contributed by atoms with Crippen LogP contribution in [0.4, 0.5) is 5.82 Å². The molecule has 2 aromatic rings. The quantitative estimate of drug-likeness (QED) is 0.761. The van der Waals surface area contributed by atoms with E-state index in [1.807, 2.05) is 6.92 Å². The highest BCUT2D eigenvalue weighted by Crippen LogP contribution is 2.59. The lowest BCUT2D eigenvalue weighted by Gasteiger charge is -2.18. The van der Waals surface area contributed by atoms with Gasteiger partial charge in [0.15, 0.2) is 17.6 Å². The molecule has 3 N–H and O–H groups in total. The number of hydrogen-bond donors (Lipinski definition) is 2. The maximum atomic E-state index is 11.1. The fraction of sp³-hybridized carbons (Fsp3) is 0.409. The van der Waals surface area contributed by atoms with Gasteiger partial charge in [-0.15, -0.1) is 0 Å². The predicted molar refractivity (Wildman–Crippen MR) is 109 cm³/mol. The summed E-state index contributed by atoms with van der Waals surface area (Å²) in [6.45, 7) is 7.77. The Bertz CT molecular complexity index is 1020. The van der Waals surface area contributed by atoms with Gasteiger partial charge in [0, 0.05) is 11.5 Å². The summed E-state index contributed by atoms with van der Waals surface area (Å²) in [5, 5.41) is 18.8. The first-order valence-electron chi connectivity index (χ1n) is 9.38. The van der Waals surface area contributed by atoms with E-state index in [0.29, 0.717) is 28.5 Å². The van der Waals surface area contributed by atoms with E-state index < -0.39 is 12.1 Å². The Morgan fingerprint density at radius 2 is 2.07 bits per heavy atom. The minimum Gasteiger partial charge on any atom is -0.493 e. The van der Waals surface area contributed by atoms with Gasteiger partial charge in [0.1, 0.15) is 17.5 Å². The molecular weight excluding hydrogens is 370 g/mol. The molecule has 29 heavy (non-hydrogen) atoms. The first-order chi connectivity index (χ1) is 13.6. The second-order valence-electron chi connectivity index (χ2n) is 8.08. The number of carboxylic acid groups (broad SMARTS) is 1. The summed E-state index contributed by atoms with van der Waals surface area (Å²) >= 11 is 0. The highest BCUT2D eigenvalue weighted by atomic mass is 16.5. The molecule has 0 saturated heterocycles. The van der Waals surface area contributed by atoms with Crippen LogP contribution in [0, 0.1) is 23.7 Å². The Labute approximate surface area is 170 Å². The number of carbonyl (C=O) groups is 1. The Kier molecular flexibility index (Phi) is 5.14. The second-order valence-corrected chi connectivity index (χ2v) is 8.08. The van der Waals surface area contributed by atoms with Crippen LogP contribution in [0.3, 0.4) is 0 Å². The van der Waals surface area contributed by atoms with Crippen molar-refractivity contribution in [3.05, 3.63) is 35.0 Å². The van der Waals surface area contributed by atoms with Crippen LogP contribution in [-0.4, -0.2) is 29.3 Å². The summed E-state index contributed by atoms with van der Waals surface area (Å²) in [6.07, 6.45) is 0.000787. The van der Waals surface area contributed by atoms with Gasteiger partial charge in [-0.25, -0.2) is 9.78 Å². The van der Waals surface area contributed by atoms with Crippen molar-refractivity contribution in [1.82, 2.24) is 4.98 Å². The third kappa shape index (κ3) is 3.70. The van der Waals surface area contributed by atoms with E-state index in [2.05, 4.69) is 24.9 Å². The minimum absolute atomic E-state index is 0.165. The number of anilines is 1. The monoisotopic (exact) mass is 395 g/mol. The Hall–Kier alpha value is -3.27. The fourth-order valence-corrected chi connectivity index (χ4v) is 3.62. The number of aliphatic carboxylic acids is 1. The van der Waals surface area contributed by atoms with E-state index in [1.54, 1.807) is 18.2 Å². The number of nitrogens with two attached hydrogens (primary N) is 1. The van der Waals surface area contributed by atoms with E-state index in [-0.39, 0.29) is 11.2 Å². The van der Waals surface area contributed by atoms with Crippen molar-refractivity contribution in [2.75, 3.05) is 12.8 Å². The van der Waals surface area contributed by atoms with Gasteiger partial charge in [-0.3, -0.25) is 0 Å². The molecule has 2 unspecified atom stereocenters. The van der Waals surface area contributed by atoms with Crippen molar-refractivity contribution in [1.29, 1.82) is 5.26 Å². The molecule has 152 valence electrons. The summed E-state index contributed by atoms with van der Waals surface area (Å²) in [4.78, 5) is 15.6. The number of aromatic nitrogens is 1. The normalized spacial score (nSPS) is 17.9. The Morgan fingerprint density at radius 1 is 1.41 bits per heavy atom. The number of pyridine rings is 1. The molecule has 0 radical (unpaired) electrons. The number of carboxylic acids is 1. The fourth-order valence-electron chi connectivity index (χ4n) is 3.62. The van der Waals surface area contributed by atoms with E-state index in [0.717, 1.165) is 23.2 Å². The molecule has 2 atom stereocenters. The van der Waals surface area contributed by atoms with Crippen LogP contribution in [0.2, 0.25) is 0 Å². The van der Waals surface area contributed by atoms with E-state index in [4.69, 9.17) is 20.3 Å². The van der Waals surface area contributed by atoms with Crippen LogP contribution in [0.25, 0.3) is 11.1 Å². The third-order valence-corrected chi connectivity index (χ3v) is 5.57. The number of rotatable bonds is 6. The number of benzene rings is 1. The Morgan fingerprint density at radius 3 is 2.59 bits per heavy atom. The van der Waals surface area contributed by atoms with Gasteiger partial charge in [-0.1, -0.05) is 19.9 Å². The predicted octanol–water partition coefficient (Wildman–Crippen LogP) is 3.88. The summed E-state index contributed by atoms with van der Waals surface area (Å²) in [5.41, 5.74) is 9.91. The van der Waals surface area contributed by atoms with Crippen molar-refractivity contribution in [3.8, 4) is 28.7 Å². The molecule has 7 nitrogen and oxygen atoms in total. The van der Waals surface area contributed by atoms with Gasteiger partial charge >= 0.3 is 5.97 Å². The molecule has 1 aromatic carbocycles. The standard InChI is InChI=1S/C22H25N3O4/c1-11-18(14(10-23)20(24)25-19(11)15-9-22(15,3)4)13-6-7-16(17(8-13)28-5)29-12(2)21(26)27/h6-8,12,15H,9H2,1-5H3,(H2,24,25)(H,26,27). The highest BCUT2D eigenvalue weighted by Gasteiger charge is 2.48. The largest absolute Gasteiger partial charge is 0.493 e. The van der Waals surface area contributed by atoms with Crippen molar-refractivity contribution in [2.24, 2.45) is 5.41 Å². The smallest absolute Gasteiger partial charge is 0.344 e. The molecule has 1 heterocycles. The lowest BCUT2D eigenvalue weighted by atomic mass is 9.92. The molecule has 0 aliphatic heterocycles. The first-order valence-corrected chi connectivity index (χ1v) is 9.38. The third-order valence-electron chi connectivity index (χ3n) is 5.57. The zero-order valence-corrected chi connectivity index (χ0v) is 17.2. The maximum absolute atomic E-state index is 11.1. The SMILES string of the molecule is COc1cc(-c2c(C)c(C3CC3(C)C)nc(N)c2C#N)ccc1OC(C)C(=O)O. The summed E-state index contributed by atoms with van der Waals surface area (Å²) in [6, 6.07) is 7.32. The van der Waals surface area contributed by atoms with E-state index in [1.165, 1.54) is 14.0 Å². The van der Waals surface area contributed by atoms with Gasteiger partial charge in [-0.2, -0.15) is 5.26 Å². The molecule has 3 rings (SSSR count). The van der Waals surface area contributed by atoms with E-state index in [9.17, 15) is 10.1 Å². The summed E-state index contributed by atoms with van der Waals surface area (Å²) < 4.78 is 10.9. The second kappa shape index (κ2) is 7.28. The van der Waals surface area contributed by atoms with Gasteiger partial charge in [0.25, 0.3) is 0 Å². The first kappa shape index (κ1) is 20.5. The van der Waals surface area contributed by atoms with Gasteiger partial charge in [-0.05, 0) is 48.9 Å². The molecule has 1 aliphatic rings. The summed E-state index contributed by atoms with van der Waals surface area (Å²) in [5.74, 6) is 0.134. The van der Waals surface area contributed by atoms with Crippen LogP contribution < -0.4 is 15.2 Å². The van der Waals surface area contributed by atoms with Gasteiger partial charge in [0.2, 0.25) is 0 Å². The number of nitrogen functional groups attached to an aromatic ring is 1. The van der Waals surface area contributed by atoms with Crippen LogP contribution in [0.1, 0.15) is 49.9 Å². The number of nitriles is 1. The van der Waals surface area contributed by atoms with Gasteiger partial charge < -0.3 is 20.3 Å². The molecule has 1 saturated carbocycles. The van der Waals surface area contributed by atoms with Crippen molar-refractivity contribution in [2.45, 2.75) is 46.1 Å². The van der Waals surface area contributed by atoms with Crippen molar-refractivity contribution >= 4 is 11.8 Å². The van der Waals surface area contributed by atoms with Crippen LogP contribution in [-0.2, 0) is 4.79 Å². The zero-order valence-electron chi connectivity index (χ0n) is 17.2. The number of ether oxygens (including phenoxy) is 2. The molecule has 1 fully saturated rings. The van der Waals surface area contributed by atoms with Crippen LogP contribution in [0.5, 0.6) is 11.5 Å². The number of hydrogen-bond acceptors (Lipinski definition) is 6. The summed E-state index contributed by atoms with van der Waals surface area (Å²) in [7, 11) is 1.48. The van der Waals surface area contributed by atoms with Crippen LogP contribution in [0.15, 0.2) is 18.2 Å². The molecule has 1 aromatic heterocycles. The minimum atomic E-state index is -1.07. The Balaban J connectivity index is 2.13. The zero-order chi connectivity index (χ0) is 21.5. The van der Waals surface area contributed by atoms with Crippen molar-refractivity contribution in [3.63, 3.8) is 0 Å². The average molecular weight is 395 g/mol. The number of methoxy groups -OCH3 is 1. The van der Waals surface area contributed by atoms with Crippen molar-refractivity contribution < 1.29 is 19.4 Å².